The molecule has 1 aromatic heterocycles. The number of hydrogen-bond acceptors (Lipinski definition) is 6. The van der Waals surface area contributed by atoms with E-state index in [0.717, 1.165) is 70.1 Å². The predicted molar refractivity (Wildman–Crippen MR) is 111 cm³/mol. The molecule has 0 radical (unpaired) electrons. The lowest BCUT2D eigenvalue weighted by Crippen LogP contribution is -2.40. The minimum absolute atomic E-state index is 0.139. The van der Waals surface area contributed by atoms with E-state index < -0.39 is 6.10 Å². The number of aliphatic hydroxyl groups excluding tert-OH is 2. The lowest BCUT2D eigenvalue weighted by molar-refractivity contribution is 0.0172. The number of piperidine rings is 1. The Morgan fingerprint density at radius 3 is 2.61 bits per heavy atom. The van der Waals surface area contributed by atoms with Crippen LogP contribution in [0, 0.1) is 12.8 Å². The lowest BCUT2D eigenvalue weighted by Gasteiger charge is -2.35. The van der Waals surface area contributed by atoms with Gasteiger partial charge in [-0.25, -0.2) is 4.98 Å². The SMILES string of the molecule is Cc1ccc2cc(CN3CCC(C(O)CO)CC3)c(N3CCOCC3)nc2c1. The summed E-state index contributed by atoms with van der Waals surface area (Å²) in [7, 11) is 0. The number of morpholine rings is 1. The number of aliphatic hydroxyl groups is 2. The second-order valence-electron chi connectivity index (χ2n) is 8.13. The van der Waals surface area contributed by atoms with Gasteiger partial charge >= 0.3 is 0 Å². The van der Waals surface area contributed by atoms with Gasteiger partial charge in [-0.3, -0.25) is 4.90 Å². The quantitative estimate of drug-likeness (QED) is 0.820. The van der Waals surface area contributed by atoms with E-state index in [-0.39, 0.29) is 12.5 Å². The van der Waals surface area contributed by atoms with Crippen LogP contribution in [0.1, 0.15) is 24.0 Å². The van der Waals surface area contributed by atoms with E-state index in [1.165, 1.54) is 16.5 Å². The van der Waals surface area contributed by atoms with Crippen molar-refractivity contribution < 1.29 is 14.9 Å². The summed E-state index contributed by atoms with van der Waals surface area (Å²) in [5.41, 5.74) is 3.54. The van der Waals surface area contributed by atoms with Gasteiger partial charge in [0.1, 0.15) is 5.82 Å². The third-order valence-corrected chi connectivity index (χ3v) is 6.10. The molecule has 2 aliphatic heterocycles. The number of aromatic nitrogens is 1. The molecule has 2 N–H and O–H groups in total. The van der Waals surface area contributed by atoms with E-state index in [9.17, 15) is 10.2 Å². The molecule has 2 saturated heterocycles. The second kappa shape index (κ2) is 8.74. The minimum atomic E-state index is -0.586. The Hall–Kier alpha value is -1.73. The molecule has 2 aromatic rings. The van der Waals surface area contributed by atoms with Crippen LogP contribution in [-0.4, -0.2) is 72.2 Å². The maximum atomic E-state index is 9.92. The molecule has 2 fully saturated rings. The van der Waals surface area contributed by atoms with Crippen LogP contribution in [0.5, 0.6) is 0 Å². The van der Waals surface area contributed by atoms with Crippen LogP contribution >= 0.6 is 0 Å². The van der Waals surface area contributed by atoms with Crippen molar-refractivity contribution >= 4 is 16.7 Å². The van der Waals surface area contributed by atoms with Crippen LogP contribution in [0.25, 0.3) is 10.9 Å². The zero-order chi connectivity index (χ0) is 19.5. The Labute approximate surface area is 166 Å². The van der Waals surface area contributed by atoms with Crippen molar-refractivity contribution in [2.45, 2.75) is 32.4 Å². The highest BCUT2D eigenvalue weighted by molar-refractivity contribution is 5.82. The number of aryl methyl sites for hydroxylation is 1. The number of hydrogen-bond donors (Lipinski definition) is 2. The number of fused-ring (bicyclic) bond motifs is 1. The molecule has 6 nitrogen and oxygen atoms in total. The molecule has 6 heteroatoms. The summed E-state index contributed by atoms with van der Waals surface area (Å²) in [6, 6.07) is 8.75. The van der Waals surface area contributed by atoms with E-state index in [2.05, 4.69) is 41.0 Å². The van der Waals surface area contributed by atoms with Crippen LogP contribution in [0.2, 0.25) is 0 Å². The number of pyridine rings is 1. The average Bonchev–Trinajstić information content (AvgIpc) is 2.74. The number of likely N-dealkylation sites (tertiary alicyclic amines) is 1. The fraction of sp³-hybridized carbons (Fsp3) is 0.591. The van der Waals surface area contributed by atoms with E-state index >= 15 is 0 Å². The Balaban J connectivity index is 1.57. The first kappa shape index (κ1) is 19.6. The Morgan fingerprint density at radius 2 is 1.89 bits per heavy atom. The van der Waals surface area contributed by atoms with E-state index in [4.69, 9.17) is 9.72 Å². The zero-order valence-electron chi connectivity index (χ0n) is 16.7. The van der Waals surface area contributed by atoms with Gasteiger partial charge in [-0.1, -0.05) is 12.1 Å². The van der Waals surface area contributed by atoms with Crippen LogP contribution in [0.4, 0.5) is 5.82 Å². The Morgan fingerprint density at radius 1 is 1.14 bits per heavy atom. The van der Waals surface area contributed by atoms with Gasteiger partial charge in [0.05, 0.1) is 31.4 Å². The molecule has 0 spiro atoms. The molecule has 1 aromatic carbocycles. The first-order valence-corrected chi connectivity index (χ1v) is 10.4. The van der Waals surface area contributed by atoms with Crippen LogP contribution in [0.3, 0.4) is 0 Å². The summed E-state index contributed by atoms with van der Waals surface area (Å²) < 4.78 is 5.54. The molecule has 4 rings (SSSR count). The summed E-state index contributed by atoms with van der Waals surface area (Å²) in [5.74, 6) is 1.29. The highest BCUT2D eigenvalue weighted by Gasteiger charge is 2.26. The van der Waals surface area contributed by atoms with Crippen molar-refractivity contribution in [2.24, 2.45) is 5.92 Å². The standard InChI is InChI=1S/C22H31N3O3/c1-16-2-3-18-13-19(14-24-6-4-17(5-7-24)21(27)15-26)22(23-20(18)12-16)25-8-10-28-11-9-25/h2-3,12-13,17,21,26-27H,4-11,14-15H2,1H3. The first-order chi connectivity index (χ1) is 13.6. The molecule has 28 heavy (non-hydrogen) atoms. The van der Waals surface area contributed by atoms with Crippen molar-refractivity contribution in [3.63, 3.8) is 0 Å². The van der Waals surface area contributed by atoms with Gasteiger partial charge in [0.2, 0.25) is 0 Å². The summed E-state index contributed by atoms with van der Waals surface area (Å²) >= 11 is 0. The van der Waals surface area contributed by atoms with Gasteiger partial charge < -0.3 is 19.8 Å². The summed E-state index contributed by atoms with van der Waals surface area (Å²) in [4.78, 5) is 9.85. The monoisotopic (exact) mass is 385 g/mol. The third kappa shape index (κ3) is 4.30. The van der Waals surface area contributed by atoms with Crippen molar-refractivity contribution in [1.82, 2.24) is 9.88 Å². The largest absolute Gasteiger partial charge is 0.394 e. The zero-order valence-corrected chi connectivity index (χ0v) is 16.7. The fourth-order valence-corrected chi connectivity index (χ4v) is 4.36. The summed E-state index contributed by atoms with van der Waals surface area (Å²) in [6.45, 7) is 7.96. The highest BCUT2D eigenvalue weighted by Crippen LogP contribution is 2.28. The molecule has 0 bridgehead atoms. The van der Waals surface area contributed by atoms with Gasteiger partial charge in [-0.15, -0.1) is 0 Å². The normalized spacial score (nSPS) is 20.6. The van der Waals surface area contributed by atoms with Gasteiger partial charge in [-0.05, 0) is 56.5 Å². The number of rotatable bonds is 5. The topological polar surface area (TPSA) is 69.1 Å². The van der Waals surface area contributed by atoms with E-state index in [0.29, 0.717) is 0 Å². The van der Waals surface area contributed by atoms with Crippen LogP contribution in [0.15, 0.2) is 24.3 Å². The third-order valence-electron chi connectivity index (χ3n) is 6.10. The van der Waals surface area contributed by atoms with Gasteiger partial charge in [0.25, 0.3) is 0 Å². The molecule has 3 heterocycles. The molecule has 152 valence electrons. The maximum absolute atomic E-state index is 9.92. The number of benzene rings is 1. The van der Waals surface area contributed by atoms with E-state index in [1.54, 1.807) is 0 Å². The highest BCUT2D eigenvalue weighted by atomic mass is 16.5. The molecule has 1 unspecified atom stereocenters. The predicted octanol–water partition coefficient (Wildman–Crippen LogP) is 1.95. The smallest absolute Gasteiger partial charge is 0.133 e. The Bertz CT molecular complexity index is 799. The minimum Gasteiger partial charge on any atom is -0.394 e. The molecule has 1 atom stereocenters. The average molecular weight is 386 g/mol. The molecule has 0 saturated carbocycles. The van der Waals surface area contributed by atoms with Gasteiger partial charge in [-0.2, -0.15) is 0 Å². The van der Waals surface area contributed by atoms with Gasteiger partial charge in [0, 0.05) is 30.6 Å². The number of anilines is 1. The Kier molecular flexibility index (Phi) is 6.11. The summed E-state index contributed by atoms with van der Waals surface area (Å²) in [6.07, 6.45) is 1.26. The van der Waals surface area contributed by atoms with Crippen molar-refractivity contribution in [3.8, 4) is 0 Å². The van der Waals surface area contributed by atoms with Crippen molar-refractivity contribution in [1.29, 1.82) is 0 Å². The maximum Gasteiger partial charge on any atom is 0.133 e. The van der Waals surface area contributed by atoms with E-state index in [1.807, 2.05) is 0 Å². The molecular formula is C22H31N3O3. The van der Waals surface area contributed by atoms with Crippen molar-refractivity contribution in [2.75, 3.05) is 50.9 Å². The number of nitrogens with zero attached hydrogens (tertiary/aromatic N) is 3. The van der Waals surface area contributed by atoms with Crippen LogP contribution < -0.4 is 4.90 Å². The molecule has 2 aliphatic rings. The first-order valence-electron chi connectivity index (χ1n) is 10.4. The molecule has 0 amide bonds. The summed E-state index contributed by atoms with van der Waals surface area (Å²) in [5, 5.41) is 20.3. The fourth-order valence-electron chi connectivity index (χ4n) is 4.36. The second-order valence-corrected chi connectivity index (χ2v) is 8.13. The van der Waals surface area contributed by atoms with Crippen molar-refractivity contribution in [3.05, 3.63) is 35.4 Å². The van der Waals surface area contributed by atoms with Crippen LogP contribution in [-0.2, 0) is 11.3 Å². The number of ether oxygens (including phenoxy) is 1. The van der Waals surface area contributed by atoms with Gasteiger partial charge in [0.15, 0.2) is 0 Å². The lowest BCUT2D eigenvalue weighted by atomic mass is 9.91. The molecular weight excluding hydrogens is 354 g/mol. The molecule has 0 aliphatic carbocycles.